The maximum absolute atomic E-state index is 12.2. The number of hydrogen-bond acceptors (Lipinski definition) is 4. The van der Waals surface area contributed by atoms with Crippen molar-refractivity contribution in [2.75, 3.05) is 26.2 Å². The summed E-state index contributed by atoms with van der Waals surface area (Å²) in [6.07, 6.45) is 3.01. The quantitative estimate of drug-likeness (QED) is 0.797. The number of aryl methyl sites for hydroxylation is 1. The minimum absolute atomic E-state index is 0.110. The molecule has 0 fully saturated rings. The van der Waals surface area contributed by atoms with Crippen LogP contribution in [0.1, 0.15) is 50.5 Å². The molecule has 6 nitrogen and oxygen atoms in total. The van der Waals surface area contributed by atoms with Crippen LogP contribution in [0.2, 0.25) is 0 Å². The van der Waals surface area contributed by atoms with E-state index in [-0.39, 0.29) is 11.9 Å². The van der Waals surface area contributed by atoms with Crippen LogP contribution in [0.15, 0.2) is 6.07 Å². The van der Waals surface area contributed by atoms with E-state index in [1.54, 1.807) is 10.7 Å². The van der Waals surface area contributed by atoms with Gasteiger partial charge in [-0.05, 0) is 39.4 Å². The predicted octanol–water partition coefficient (Wildman–Crippen LogP) is 1.91. The number of nitrogens with zero attached hydrogens (tertiary/aromatic N) is 3. The van der Waals surface area contributed by atoms with Gasteiger partial charge >= 0.3 is 0 Å². The first-order chi connectivity index (χ1) is 10.6. The van der Waals surface area contributed by atoms with Gasteiger partial charge in [-0.3, -0.25) is 4.79 Å². The molecule has 1 aliphatic heterocycles. The Labute approximate surface area is 132 Å². The fourth-order valence-corrected chi connectivity index (χ4v) is 2.71. The van der Waals surface area contributed by atoms with Crippen LogP contribution in [0.4, 0.5) is 0 Å². The number of ether oxygens (including phenoxy) is 1. The summed E-state index contributed by atoms with van der Waals surface area (Å²) in [7, 11) is 0. The van der Waals surface area contributed by atoms with Gasteiger partial charge in [-0.15, -0.1) is 0 Å². The van der Waals surface area contributed by atoms with Gasteiger partial charge in [0.25, 0.3) is 5.91 Å². The first-order valence-electron chi connectivity index (χ1n) is 8.37. The normalized spacial score (nSPS) is 15.3. The highest BCUT2D eigenvalue weighted by molar-refractivity contribution is 5.92. The summed E-state index contributed by atoms with van der Waals surface area (Å²) in [6.45, 7) is 11.2. The molecule has 0 saturated heterocycles. The number of rotatable bonds is 8. The third kappa shape index (κ3) is 4.47. The van der Waals surface area contributed by atoms with Crippen molar-refractivity contribution < 1.29 is 9.53 Å². The Morgan fingerprint density at radius 3 is 2.95 bits per heavy atom. The molecular weight excluding hydrogens is 280 g/mol. The van der Waals surface area contributed by atoms with Crippen molar-refractivity contribution in [2.24, 2.45) is 0 Å². The molecule has 22 heavy (non-hydrogen) atoms. The van der Waals surface area contributed by atoms with Crippen molar-refractivity contribution >= 4 is 5.91 Å². The van der Waals surface area contributed by atoms with Crippen LogP contribution in [-0.2, 0) is 6.54 Å². The Kier molecular flexibility index (Phi) is 6.24. The second-order valence-electron chi connectivity index (χ2n) is 5.84. The van der Waals surface area contributed by atoms with Crippen LogP contribution < -0.4 is 10.1 Å². The van der Waals surface area contributed by atoms with Gasteiger partial charge in [0, 0.05) is 25.1 Å². The average Bonchev–Trinajstić information content (AvgIpc) is 2.95. The van der Waals surface area contributed by atoms with E-state index in [9.17, 15) is 4.79 Å². The molecule has 1 atom stereocenters. The number of carbonyl (C=O) groups excluding carboxylic acids is 1. The Hall–Kier alpha value is -1.56. The van der Waals surface area contributed by atoms with Crippen molar-refractivity contribution in [3.8, 4) is 5.88 Å². The molecule has 124 valence electrons. The first kappa shape index (κ1) is 16.8. The molecule has 1 aromatic rings. The van der Waals surface area contributed by atoms with Gasteiger partial charge in [0.2, 0.25) is 5.88 Å². The van der Waals surface area contributed by atoms with Crippen LogP contribution in [0.5, 0.6) is 5.88 Å². The zero-order valence-electron chi connectivity index (χ0n) is 14.0. The molecule has 0 spiro atoms. The van der Waals surface area contributed by atoms with Crippen molar-refractivity contribution in [3.63, 3.8) is 0 Å². The number of fused-ring (bicyclic) bond motifs is 1. The summed E-state index contributed by atoms with van der Waals surface area (Å²) in [5, 5.41) is 7.34. The topological polar surface area (TPSA) is 59.4 Å². The lowest BCUT2D eigenvalue weighted by molar-refractivity contribution is 0.0931. The SMILES string of the molecule is CCN(CC)CCCC(C)NC(=O)c1cc2n(n1)CCCO2. The van der Waals surface area contributed by atoms with E-state index in [4.69, 9.17) is 4.74 Å². The fourth-order valence-electron chi connectivity index (χ4n) is 2.71. The Morgan fingerprint density at radius 2 is 2.27 bits per heavy atom. The third-order valence-corrected chi connectivity index (χ3v) is 4.12. The summed E-state index contributed by atoms with van der Waals surface area (Å²) >= 11 is 0. The smallest absolute Gasteiger partial charge is 0.272 e. The van der Waals surface area contributed by atoms with Crippen molar-refractivity contribution in [3.05, 3.63) is 11.8 Å². The van der Waals surface area contributed by atoms with Gasteiger partial charge in [-0.1, -0.05) is 13.8 Å². The summed E-state index contributed by atoms with van der Waals surface area (Å²) in [5.74, 6) is 0.589. The number of hydrogen-bond donors (Lipinski definition) is 1. The maximum atomic E-state index is 12.2. The van der Waals surface area contributed by atoms with Gasteiger partial charge < -0.3 is 15.0 Å². The highest BCUT2D eigenvalue weighted by atomic mass is 16.5. The number of carbonyl (C=O) groups is 1. The van der Waals surface area contributed by atoms with Gasteiger partial charge in [0.1, 0.15) is 0 Å². The molecule has 0 aromatic carbocycles. The zero-order valence-corrected chi connectivity index (χ0v) is 14.0. The first-order valence-corrected chi connectivity index (χ1v) is 8.37. The predicted molar refractivity (Wildman–Crippen MR) is 86.3 cm³/mol. The highest BCUT2D eigenvalue weighted by Crippen LogP contribution is 2.18. The second kappa shape index (κ2) is 8.17. The van der Waals surface area contributed by atoms with Crippen molar-refractivity contribution in [1.82, 2.24) is 20.0 Å². The third-order valence-electron chi connectivity index (χ3n) is 4.12. The number of aromatic nitrogens is 2. The van der Waals surface area contributed by atoms with Crippen LogP contribution in [0.3, 0.4) is 0 Å². The molecule has 2 rings (SSSR count). The molecule has 0 radical (unpaired) electrons. The lowest BCUT2D eigenvalue weighted by Gasteiger charge is -2.19. The summed E-state index contributed by atoms with van der Waals surface area (Å²) in [4.78, 5) is 14.6. The lowest BCUT2D eigenvalue weighted by Crippen LogP contribution is -2.34. The molecule has 1 aromatic heterocycles. The molecule has 1 unspecified atom stereocenters. The Balaban J connectivity index is 1.77. The molecule has 1 amide bonds. The van der Waals surface area contributed by atoms with E-state index in [0.29, 0.717) is 18.2 Å². The van der Waals surface area contributed by atoms with E-state index >= 15 is 0 Å². The molecule has 6 heteroatoms. The summed E-state index contributed by atoms with van der Waals surface area (Å²) < 4.78 is 7.26. The average molecular weight is 308 g/mol. The molecule has 1 N–H and O–H groups in total. The molecular formula is C16H28N4O2. The fraction of sp³-hybridized carbons (Fsp3) is 0.750. The van der Waals surface area contributed by atoms with E-state index < -0.39 is 0 Å². The summed E-state index contributed by atoms with van der Waals surface area (Å²) in [5.41, 5.74) is 0.451. The molecule has 0 aliphatic carbocycles. The van der Waals surface area contributed by atoms with Gasteiger partial charge in [-0.2, -0.15) is 5.10 Å². The number of nitrogens with one attached hydrogen (secondary N) is 1. The van der Waals surface area contributed by atoms with E-state index in [1.807, 2.05) is 6.92 Å². The molecule has 0 saturated carbocycles. The minimum Gasteiger partial charge on any atom is -0.478 e. The highest BCUT2D eigenvalue weighted by Gasteiger charge is 2.18. The lowest BCUT2D eigenvalue weighted by atomic mass is 10.1. The second-order valence-corrected chi connectivity index (χ2v) is 5.84. The van der Waals surface area contributed by atoms with Crippen LogP contribution in [-0.4, -0.2) is 52.9 Å². The Morgan fingerprint density at radius 1 is 1.50 bits per heavy atom. The van der Waals surface area contributed by atoms with Gasteiger partial charge in [0.15, 0.2) is 5.69 Å². The molecule has 1 aliphatic rings. The van der Waals surface area contributed by atoms with E-state index in [1.165, 1.54) is 0 Å². The number of amides is 1. The van der Waals surface area contributed by atoms with E-state index in [2.05, 4.69) is 29.2 Å². The maximum Gasteiger partial charge on any atom is 0.272 e. The standard InChI is InChI=1S/C16H28N4O2/c1-4-19(5-2)9-6-8-13(3)17-16(21)14-12-15-20(18-14)10-7-11-22-15/h12-13H,4-11H2,1-3H3,(H,17,21). The van der Waals surface area contributed by atoms with Crippen molar-refractivity contribution in [1.29, 1.82) is 0 Å². The molecule has 2 heterocycles. The monoisotopic (exact) mass is 308 g/mol. The minimum atomic E-state index is -0.110. The van der Waals surface area contributed by atoms with Crippen LogP contribution >= 0.6 is 0 Å². The van der Waals surface area contributed by atoms with Crippen LogP contribution in [0.25, 0.3) is 0 Å². The van der Waals surface area contributed by atoms with Crippen LogP contribution in [0, 0.1) is 0 Å². The largest absolute Gasteiger partial charge is 0.478 e. The van der Waals surface area contributed by atoms with Gasteiger partial charge in [-0.25, -0.2) is 4.68 Å². The Bertz CT molecular complexity index is 459. The molecule has 0 bridgehead atoms. The summed E-state index contributed by atoms with van der Waals surface area (Å²) in [6, 6.07) is 1.89. The van der Waals surface area contributed by atoms with E-state index in [0.717, 1.165) is 45.4 Å². The van der Waals surface area contributed by atoms with Crippen molar-refractivity contribution in [2.45, 2.75) is 52.6 Å². The zero-order chi connectivity index (χ0) is 15.9. The van der Waals surface area contributed by atoms with Gasteiger partial charge in [0.05, 0.1) is 6.61 Å².